The minimum absolute atomic E-state index is 0.0135. The fourth-order valence-electron chi connectivity index (χ4n) is 8.88. The zero-order chi connectivity index (χ0) is 37.9. The summed E-state index contributed by atoms with van der Waals surface area (Å²) in [6, 6.07) is 18.6. The number of ether oxygens (including phenoxy) is 2. The maximum Gasteiger partial charge on any atom is 0.417 e. The Bertz CT molecular complexity index is 2130. The highest BCUT2D eigenvalue weighted by atomic mass is 19.4. The number of carbonyl (C=O) groups excluding carboxylic acids is 2. The van der Waals surface area contributed by atoms with Crippen molar-refractivity contribution in [2.75, 3.05) is 27.2 Å². The molecule has 4 aliphatic rings. The SMILES string of the molecule is CN(C)[C@@H]1c2onc(OCc3ccccc3)c2C(=O)[C@@]2(O)C(=O)C3=C(O)c4c(OCc5ccccc5)cc(CN5CCCC5)c(C(F)(F)F)c4C[C@H]3C[C@@H]12. The number of benzene rings is 3. The molecule has 0 bridgehead atoms. The highest BCUT2D eigenvalue weighted by Gasteiger charge is 2.65. The first kappa shape index (κ1) is 36.0. The zero-order valence-corrected chi connectivity index (χ0v) is 29.9. The lowest BCUT2D eigenvalue weighted by Crippen LogP contribution is -2.63. The molecule has 10 nitrogen and oxygen atoms in total. The monoisotopic (exact) mass is 743 g/mol. The Kier molecular flexibility index (Phi) is 9.14. The summed E-state index contributed by atoms with van der Waals surface area (Å²) in [4.78, 5) is 32.8. The van der Waals surface area contributed by atoms with Crippen molar-refractivity contribution in [2.45, 2.75) is 63.3 Å². The summed E-state index contributed by atoms with van der Waals surface area (Å²) >= 11 is 0. The number of rotatable bonds is 9. The van der Waals surface area contributed by atoms with E-state index in [1.165, 1.54) is 6.07 Å². The Labute approximate surface area is 309 Å². The van der Waals surface area contributed by atoms with E-state index >= 15 is 13.2 Å². The van der Waals surface area contributed by atoms with Crippen molar-refractivity contribution in [3.05, 3.63) is 117 Å². The lowest BCUT2D eigenvalue weighted by Gasteiger charge is -2.49. The number of hydrogen-bond acceptors (Lipinski definition) is 10. The smallest absolute Gasteiger partial charge is 0.417 e. The molecule has 1 saturated carbocycles. The number of hydrogen-bond donors (Lipinski definition) is 2. The summed E-state index contributed by atoms with van der Waals surface area (Å²) in [6.07, 6.45) is -3.43. The van der Waals surface area contributed by atoms with Gasteiger partial charge in [-0.2, -0.15) is 13.2 Å². The van der Waals surface area contributed by atoms with Gasteiger partial charge >= 0.3 is 6.18 Å². The Morgan fingerprint density at radius 2 is 1.57 bits per heavy atom. The van der Waals surface area contributed by atoms with Crippen LogP contribution in [-0.4, -0.2) is 69.5 Å². The van der Waals surface area contributed by atoms with E-state index in [1.54, 1.807) is 19.0 Å². The van der Waals surface area contributed by atoms with Crippen LogP contribution >= 0.6 is 0 Å². The second kappa shape index (κ2) is 13.7. The van der Waals surface area contributed by atoms with Crippen molar-refractivity contribution in [2.24, 2.45) is 11.8 Å². The number of carbonyl (C=O) groups is 2. The van der Waals surface area contributed by atoms with E-state index in [9.17, 15) is 19.8 Å². The zero-order valence-electron chi connectivity index (χ0n) is 29.9. The molecule has 0 amide bonds. The topological polar surface area (TPSA) is 126 Å². The number of aliphatic hydroxyl groups is 2. The van der Waals surface area contributed by atoms with Crippen molar-refractivity contribution < 1.29 is 47.0 Å². The normalized spacial score (nSPS) is 23.9. The summed E-state index contributed by atoms with van der Waals surface area (Å²) < 4.78 is 63.6. The number of Topliss-reactive ketones (excluding diaryl/α,β-unsaturated/α-hetero) is 2. The molecule has 4 aromatic rings. The quantitative estimate of drug-likeness (QED) is 0.179. The van der Waals surface area contributed by atoms with Gasteiger partial charge in [0.1, 0.15) is 30.3 Å². The average molecular weight is 744 g/mol. The van der Waals surface area contributed by atoms with Crippen LogP contribution in [0.5, 0.6) is 11.6 Å². The van der Waals surface area contributed by atoms with E-state index in [0.717, 1.165) is 24.0 Å². The van der Waals surface area contributed by atoms with Gasteiger partial charge in [0, 0.05) is 18.0 Å². The molecule has 3 aromatic carbocycles. The molecule has 2 N–H and O–H groups in total. The van der Waals surface area contributed by atoms with E-state index in [-0.39, 0.29) is 77.8 Å². The summed E-state index contributed by atoms with van der Waals surface area (Å²) in [6.45, 7) is 1.35. The van der Waals surface area contributed by atoms with Gasteiger partial charge in [0.25, 0.3) is 5.88 Å². The third-order valence-corrected chi connectivity index (χ3v) is 11.3. The van der Waals surface area contributed by atoms with Crippen molar-refractivity contribution in [1.29, 1.82) is 0 Å². The van der Waals surface area contributed by atoms with Gasteiger partial charge in [-0.1, -0.05) is 60.7 Å². The first-order valence-electron chi connectivity index (χ1n) is 18.1. The maximum atomic E-state index is 15.3. The maximum absolute atomic E-state index is 15.3. The van der Waals surface area contributed by atoms with E-state index in [2.05, 4.69) is 5.16 Å². The second-order valence-corrected chi connectivity index (χ2v) is 14.9. The van der Waals surface area contributed by atoms with Gasteiger partial charge < -0.3 is 24.2 Å². The molecule has 0 unspecified atom stereocenters. The van der Waals surface area contributed by atoms with Crippen LogP contribution in [0, 0.1) is 11.8 Å². The third-order valence-electron chi connectivity index (χ3n) is 11.3. The Balaban J connectivity index is 1.25. The first-order chi connectivity index (χ1) is 25.9. The van der Waals surface area contributed by atoms with Crippen LogP contribution in [0.4, 0.5) is 13.2 Å². The van der Waals surface area contributed by atoms with E-state index in [1.807, 2.05) is 65.6 Å². The standard InChI is InChI=1S/C41H40F3N3O7/c1-46(2)34-28-18-25-17-27-31(29(52-21-23-11-5-3-6-12-23)19-26(33(27)41(42,43)44)20-47-15-9-10-16-47)35(48)30(25)37(49)40(28,51)38(50)32-36(34)54-45-39(32)53-22-24-13-7-4-8-14-24/h3-8,11-14,19,25,28,34,48,51H,9-10,15-18,20-22H2,1-2H3/t25-,28-,34-,40-/m0/s1. The molecule has 8 rings (SSSR count). The van der Waals surface area contributed by atoms with Gasteiger partial charge in [0.05, 0.1) is 17.2 Å². The molecule has 1 aromatic heterocycles. The summed E-state index contributed by atoms with van der Waals surface area (Å²) in [7, 11) is 3.37. The van der Waals surface area contributed by atoms with Gasteiger partial charge in [-0.05, 0) is 92.3 Å². The van der Waals surface area contributed by atoms with Crippen molar-refractivity contribution >= 4 is 17.3 Å². The van der Waals surface area contributed by atoms with Gasteiger partial charge in [0.15, 0.2) is 11.4 Å². The molecule has 54 heavy (non-hydrogen) atoms. The van der Waals surface area contributed by atoms with Crippen LogP contribution in [0.3, 0.4) is 0 Å². The Morgan fingerprint density at radius 1 is 0.944 bits per heavy atom. The van der Waals surface area contributed by atoms with Gasteiger partial charge in [-0.3, -0.25) is 19.4 Å². The molecular weight excluding hydrogens is 703 g/mol. The Morgan fingerprint density at radius 3 is 2.19 bits per heavy atom. The number of halogens is 3. The lowest BCUT2D eigenvalue weighted by molar-refractivity contribution is -0.142. The molecule has 2 heterocycles. The number of ketones is 2. The number of nitrogens with zero attached hydrogens (tertiary/aromatic N) is 3. The fourth-order valence-corrected chi connectivity index (χ4v) is 8.88. The number of fused-ring (bicyclic) bond motifs is 4. The second-order valence-electron chi connectivity index (χ2n) is 14.9. The van der Waals surface area contributed by atoms with Gasteiger partial charge in [-0.25, -0.2) is 0 Å². The molecule has 0 radical (unpaired) electrons. The van der Waals surface area contributed by atoms with Crippen molar-refractivity contribution in [1.82, 2.24) is 15.0 Å². The van der Waals surface area contributed by atoms with E-state index in [0.29, 0.717) is 13.1 Å². The Hall–Kier alpha value is -4.98. The molecule has 3 aliphatic carbocycles. The van der Waals surface area contributed by atoms with Crippen LogP contribution in [-0.2, 0) is 37.2 Å². The number of likely N-dealkylation sites (tertiary alicyclic amines) is 1. The minimum Gasteiger partial charge on any atom is -0.507 e. The molecule has 13 heteroatoms. The van der Waals surface area contributed by atoms with Crippen LogP contribution < -0.4 is 9.47 Å². The minimum atomic E-state index is -4.80. The largest absolute Gasteiger partial charge is 0.507 e. The van der Waals surface area contributed by atoms with Crippen molar-refractivity contribution in [3.63, 3.8) is 0 Å². The van der Waals surface area contributed by atoms with Crippen LogP contribution in [0.25, 0.3) is 5.76 Å². The molecule has 2 fully saturated rings. The van der Waals surface area contributed by atoms with E-state index in [4.69, 9.17) is 14.0 Å². The van der Waals surface area contributed by atoms with Crippen LogP contribution in [0.1, 0.15) is 74.8 Å². The fraction of sp³-hybridized carbons (Fsp3) is 0.390. The predicted molar refractivity (Wildman–Crippen MR) is 190 cm³/mol. The molecule has 0 spiro atoms. The number of aliphatic hydroxyl groups excluding tert-OH is 1. The highest BCUT2D eigenvalue weighted by Crippen LogP contribution is 2.57. The van der Waals surface area contributed by atoms with Crippen LogP contribution in [0.2, 0.25) is 0 Å². The molecule has 1 aliphatic heterocycles. The molecule has 1 saturated heterocycles. The number of alkyl halides is 3. The van der Waals surface area contributed by atoms with Gasteiger partial charge in [-0.15, -0.1) is 0 Å². The average Bonchev–Trinajstić information content (AvgIpc) is 3.81. The highest BCUT2D eigenvalue weighted by molar-refractivity contribution is 6.26. The third kappa shape index (κ3) is 5.98. The van der Waals surface area contributed by atoms with Gasteiger partial charge in [0.2, 0.25) is 11.6 Å². The lowest BCUT2D eigenvalue weighted by atomic mass is 9.57. The first-order valence-corrected chi connectivity index (χ1v) is 18.1. The molecular formula is C41H40F3N3O7. The summed E-state index contributed by atoms with van der Waals surface area (Å²) in [5, 5.41) is 28.5. The van der Waals surface area contributed by atoms with Crippen LogP contribution in [0.15, 0.2) is 76.8 Å². The summed E-state index contributed by atoms with van der Waals surface area (Å²) in [5.74, 6) is -5.04. The predicted octanol–water partition coefficient (Wildman–Crippen LogP) is 6.71. The molecule has 282 valence electrons. The summed E-state index contributed by atoms with van der Waals surface area (Å²) in [5.41, 5.74) is -2.94. The van der Waals surface area contributed by atoms with Crippen molar-refractivity contribution in [3.8, 4) is 11.6 Å². The number of aromatic nitrogens is 1. The van der Waals surface area contributed by atoms with E-state index < -0.39 is 52.5 Å². The molecule has 4 atom stereocenters.